The van der Waals surface area contributed by atoms with Crippen LogP contribution in [0.5, 0.6) is 0 Å². The fourth-order valence-corrected chi connectivity index (χ4v) is 0.995. The fraction of sp³-hybridized carbons (Fsp3) is 0.125. The van der Waals surface area contributed by atoms with Crippen molar-refractivity contribution in [3.63, 3.8) is 0 Å². The number of aromatic amines is 1. The first-order valence-corrected chi connectivity index (χ1v) is 3.96. The Labute approximate surface area is 75.2 Å². The molecule has 1 aromatic heterocycles. The van der Waals surface area contributed by atoms with Crippen molar-refractivity contribution >= 4 is 5.69 Å². The average Bonchev–Trinajstić information content (AvgIpc) is 2.69. The van der Waals surface area contributed by atoms with Crippen molar-refractivity contribution in [3.05, 3.63) is 36.2 Å². The Morgan fingerprint density at radius 2 is 2.08 bits per heavy atom. The third-order valence-electron chi connectivity index (χ3n) is 1.61. The normalized spacial score (nSPS) is 9.85. The zero-order valence-corrected chi connectivity index (χ0v) is 6.94. The van der Waals surface area contributed by atoms with Crippen molar-refractivity contribution in [3.8, 4) is 0 Å². The second-order valence-electron chi connectivity index (χ2n) is 2.55. The van der Waals surface area contributed by atoms with Gasteiger partial charge < -0.3 is 5.32 Å². The monoisotopic (exact) mass is 175 g/mol. The van der Waals surface area contributed by atoms with E-state index in [1.807, 2.05) is 30.3 Å². The number of aromatic nitrogens is 4. The number of para-hydroxylation sites is 1. The molecule has 0 atom stereocenters. The predicted octanol–water partition coefficient (Wildman–Crippen LogP) is 0.812. The van der Waals surface area contributed by atoms with E-state index < -0.39 is 0 Å². The number of benzene rings is 1. The van der Waals surface area contributed by atoms with Gasteiger partial charge in [0.25, 0.3) is 0 Å². The summed E-state index contributed by atoms with van der Waals surface area (Å²) in [5, 5.41) is 16.7. The molecule has 2 aromatic rings. The summed E-state index contributed by atoms with van der Waals surface area (Å²) in [6, 6.07) is 9.89. The lowest BCUT2D eigenvalue weighted by Gasteiger charge is -2.01. The maximum absolute atomic E-state index is 3.82. The van der Waals surface area contributed by atoms with E-state index in [0.29, 0.717) is 12.4 Å². The molecule has 5 heteroatoms. The second kappa shape index (κ2) is 3.66. The number of H-pyrrole nitrogens is 1. The van der Waals surface area contributed by atoms with Gasteiger partial charge in [-0.2, -0.15) is 5.21 Å². The predicted molar refractivity (Wildman–Crippen MR) is 47.9 cm³/mol. The molecule has 66 valence electrons. The zero-order chi connectivity index (χ0) is 8.93. The molecule has 2 N–H and O–H groups in total. The molecule has 5 nitrogen and oxygen atoms in total. The molecule has 0 radical (unpaired) electrons. The van der Waals surface area contributed by atoms with Gasteiger partial charge in [0, 0.05) is 5.69 Å². The lowest BCUT2D eigenvalue weighted by molar-refractivity contribution is 0.881. The molecule has 0 bridgehead atoms. The Bertz CT molecular complexity index is 342. The van der Waals surface area contributed by atoms with Crippen molar-refractivity contribution in [2.45, 2.75) is 6.54 Å². The maximum atomic E-state index is 3.82. The molecule has 1 aromatic carbocycles. The highest BCUT2D eigenvalue weighted by Gasteiger charge is 1.96. The van der Waals surface area contributed by atoms with Crippen LogP contribution in [0.2, 0.25) is 0 Å². The highest BCUT2D eigenvalue weighted by molar-refractivity contribution is 5.42. The smallest absolute Gasteiger partial charge is 0.193 e. The summed E-state index contributed by atoms with van der Waals surface area (Å²) >= 11 is 0. The van der Waals surface area contributed by atoms with Crippen LogP contribution in [0.4, 0.5) is 5.69 Å². The quantitative estimate of drug-likeness (QED) is 0.724. The van der Waals surface area contributed by atoms with Gasteiger partial charge in [0.15, 0.2) is 5.82 Å². The molecule has 1 heterocycles. The number of hydrogen-bond acceptors (Lipinski definition) is 4. The highest BCUT2D eigenvalue weighted by Crippen LogP contribution is 2.05. The topological polar surface area (TPSA) is 66.5 Å². The Morgan fingerprint density at radius 1 is 1.23 bits per heavy atom. The van der Waals surface area contributed by atoms with E-state index in [9.17, 15) is 0 Å². The van der Waals surface area contributed by atoms with Crippen molar-refractivity contribution in [2.75, 3.05) is 5.32 Å². The minimum Gasteiger partial charge on any atom is -0.378 e. The lowest BCUT2D eigenvalue weighted by Crippen LogP contribution is -2.00. The van der Waals surface area contributed by atoms with Crippen LogP contribution in [-0.2, 0) is 6.54 Å². The fourth-order valence-electron chi connectivity index (χ4n) is 0.995. The Morgan fingerprint density at radius 3 is 2.77 bits per heavy atom. The van der Waals surface area contributed by atoms with Crippen molar-refractivity contribution in [1.29, 1.82) is 0 Å². The third kappa shape index (κ3) is 2.02. The summed E-state index contributed by atoms with van der Waals surface area (Å²) in [6.07, 6.45) is 0. The van der Waals surface area contributed by atoms with Crippen LogP contribution >= 0.6 is 0 Å². The minimum atomic E-state index is 0.584. The third-order valence-corrected chi connectivity index (χ3v) is 1.61. The summed E-state index contributed by atoms with van der Waals surface area (Å²) in [5.74, 6) is 0.656. The Kier molecular flexibility index (Phi) is 2.18. The van der Waals surface area contributed by atoms with Gasteiger partial charge in [-0.3, -0.25) is 0 Å². The first-order chi connectivity index (χ1) is 6.45. The van der Waals surface area contributed by atoms with Crippen LogP contribution in [0.25, 0.3) is 0 Å². The van der Waals surface area contributed by atoms with Crippen molar-refractivity contribution in [2.24, 2.45) is 0 Å². The summed E-state index contributed by atoms with van der Waals surface area (Å²) < 4.78 is 0. The van der Waals surface area contributed by atoms with Gasteiger partial charge in [-0.1, -0.05) is 23.4 Å². The number of nitrogens with one attached hydrogen (secondary N) is 2. The number of rotatable bonds is 3. The zero-order valence-electron chi connectivity index (χ0n) is 6.94. The molecule has 0 aliphatic rings. The van der Waals surface area contributed by atoms with E-state index in [4.69, 9.17) is 0 Å². The number of nitrogens with zero attached hydrogens (tertiary/aromatic N) is 3. The summed E-state index contributed by atoms with van der Waals surface area (Å²) in [5.41, 5.74) is 1.05. The first-order valence-electron chi connectivity index (χ1n) is 3.96. The van der Waals surface area contributed by atoms with Gasteiger partial charge in [-0.15, -0.1) is 10.2 Å². The van der Waals surface area contributed by atoms with Gasteiger partial charge in [0.2, 0.25) is 0 Å². The standard InChI is InChI=1S/C8H9N5/c1-2-4-7(5-3-1)9-6-8-10-12-13-11-8/h1-5,9H,6H2,(H,10,11,12,13). The van der Waals surface area contributed by atoms with Crippen molar-refractivity contribution < 1.29 is 0 Å². The van der Waals surface area contributed by atoms with Crippen LogP contribution in [-0.4, -0.2) is 20.6 Å². The van der Waals surface area contributed by atoms with Crippen molar-refractivity contribution in [1.82, 2.24) is 20.6 Å². The van der Waals surface area contributed by atoms with E-state index in [1.165, 1.54) is 0 Å². The molecule has 0 saturated heterocycles. The largest absolute Gasteiger partial charge is 0.378 e. The highest BCUT2D eigenvalue weighted by atomic mass is 15.5. The first kappa shape index (κ1) is 7.72. The molecular weight excluding hydrogens is 166 g/mol. The van der Waals surface area contributed by atoms with Crippen LogP contribution in [0, 0.1) is 0 Å². The number of hydrogen-bond donors (Lipinski definition) is 2. The maximum Gasteiger partial charge on any atom is 0.193 e. The van der Waals surface area contributed by atoms with Gasteiger partial charge in [-0.25, -0.2) is 0 Å². The molecule has 0 unspecified atom stereocenters. The summed E-state index contributed by atoms with van der Waals surface area (Å²) in [6.45, 7) is 0.584. The van der Waals surface area contributed by atoms with Gasteiger partial charge in [0.05, 0.1) is 6.54 Å². The van der Waals surface area contributed by atoms with E-state index in [-0.39, 0.29) is 0 Å². The molecule has 0 saturated carbocycles. The molecule has 0 aliphatic heterocycles. The summed E-state index contributed by atoms with van der Waals surface area (Å²) in [7, 11) is 0. The van der Waals surface area contributed by atoms with Gasteiger partial charge >= 0.3 is 0 Å². The van der Waals surface area contributed by atoms with Crippen LogP contribution in [0.1, 0.15) is 5.82 Å². The molecular formula is C8H9N5. The lowest BCUT2D eigenvalue weighted by atomic mass is 10.3. The van der Waals surface area contributed by atoms with Crippen LogP contribution in [0.15, 0.2) is 30.3 Å². The minimum absolute atomic E-state index is 0.584. The van der Waals surface area contributed by atoms with E-state index in [2.05, 4.69) is 25.9 Å². The summed E-state index contributed by atoms with van der Waals surface area (Å²) in [4.78, 5) is 0. The Hall–Kier alpha value is -1.91. The van der Waals surface area contributed by atoms with Crippen LogP contribution in [0.3, 0.4) is 0 Å². The van der Waals surface area contributed by atoms with E-state index in [1.54, 1.807) is 0 Å². The molecule has 2 rings (SSSR count). The second-order valence-corrected chi connectivity index (χ2v) is 2.55. The van der Waals surface area contributed by atoms with E-state index >= 15 is 0 Å². The SMILES string of the molecule is c1ccc(NCc2nn[nH]n2)cc1. The average molecular weight is 175 g/mol. The van der Waals surface area contributed by atoms with E-state index in [0.717, 1.165) is 5.69 Å². The molecule has 0 amide bonds. The molecule has 13 heavy (non-hydrogen) atoms. The van der Waals surface area contributed by atoms with Gasteiger partial charge in [-0.05, 0) is 12.1 Å². The van der Waals surface area contributed by atoms with Crippen LogP contribution < -0.4 is 5.32 Å². The van der Waals surface area contributed by atoms with Gasteiger partial charge in [0.1, 0.15) is 0 Å². The molecule has 0 aliphatic carbocycles. The molecule has 0 spiro atoms. The number of tetrazole rings is 1. The number of anilines is 1. The molecule has 0 fully saturated rings. The Balaban J connectivity index is 1.94.